The lowest BCUT2D eigenvalue weighted by Gasteiger charge is -2.15. The van der Waals surface area contributed by atoms with E-state index in [-0.39, 0.29) is 12.5 Å². The molecule has 0 saturated heterocycles. The molecule has 0 amide bonds. The summed E-state index contributed by atoms with van der Waals surface area (Å²) >= 11 is 0. The normalized spacial score (nSPS) is 14.4. The smallest absolute Gasteiger partial charge is 0.314 e. The minimum absolute atomic E-state index is 0.171. The van der Waals surface area contributed by atoms with Gasteiger partial charge in [-0.2, -0.15) is 13.2 Å². The average Bonchev–Trinajstić information content (AvgIpc) is 2.10. The second-order valence-corrected chi connectivity index (χ2v) is 4.52. The van der Waals surface area contributed by atoms with Gasteiger partial charge in [0.2, 0.25) is 0 Å². The number of nitrogens with zero attached hydrogens (tertiary/aromatic N) is 1. The highest BCUT2D eigenvalue weighted by Crippen LogP contribution is 2.22. The molecule has 0 radical (unpaired) electrons. The molecule has 98 valence electrons. The Balaban J connectivity index is 3.35. The van der Waals surface area contributed by atoms with Gasteiger partial charge in [0, 0.05) is 12.5 Å². The van der Waals surface area contributed by atoms with Crippen LogP contribution in [0.25, 0.3) is 0 Å². The zero-order chi connectivity index (χ0) is 12.6. The van der Waals surface area contributed by atoms with Gasteiger partial charge in [0.1, 0.15) is 0 Å². The van der Waals surface area contributed by atoms with Crippen molar-refractivity contribution in [3.8, 4) is 0 Å². The van der Waals surface area contributed by atoms with Gasteiger partial charge in [0.05, 0.1) is 0 Å². The van der Waals surface area contributed by atoms with Gasteiger partial charge in [-0.1, -0.05) is 0 Å². The van der Waals surface area contributed by atoms with Gasteiger partial charge in [0.15, 0.2) is 0 Å². The zero-order valence-corrected chi connectivity index (χ0v) is 10.4. The van der Waals surface area contributed by atoms with Gasteiger partial charge in [-0.05, 0) is 53.4 Å². The minimum Gasteiger partial charge on any atom is -0.314 e. The van der Waals surface area contributed by atoms with Gasteiger partial charge in [0.25, 0.3) is 0 Å². The second kappa shape index (κ2) is 7.90. The average molecular weight is 240 g/mol. The predicted molar refractivity (Wildman–Crippen MR) is 60.5 cm³/mol. The number of halogens is 3. The zero-order valence-electron chi connectivity index (χ0n) is 10.4. The summed E-state index contributed by atoms with van der Waals surface area (Å²) in [6, 6.07) is 0.171. The summed E-state index contributed by atoms with van der Waals surface area (Å²) in [5.41, 5.74) is 0. The highest BCUT2D eigenvalue weighted by molar-refractivity contribution is 4.63. The third kappa shape index (κ3) is 11.8. The van der Waals surface area contributed by atoms with Crippen molar-refractivity contribution in [2.24, 2.45) is 0 Å². The molecule has 0 aliphatic carbocycles. The van der Waals surface area contributed by atoms with E-state index in [1.807, 2.05) is 21.0 Å². The lowest BCUT2D eigenvalue weighted by molar-refractivity contribution is -0.135. The lowest BCUT2D eigenvalue weighted by Crippen LogP contribution is -2.29. The summed E-state index contributed by atoms with van der Waals surface area (Å²) in [5.74, 6) is 0. The number of rotatable bonds is 8. The molecule has 1 atom stereocenters. The maximum absolute atomic E-state index is 11.9. The molecule has 5 heteroatoms. The monoisotopic (exact) mass is 240 g/mol. The quantitative estimate of drug-likeness (QED) is 0.656. The molecule has 0 aliphatic rings. The Morgan fingerprint density at radius 3 is 2.31 bits per heavy atom. The summed E-state index contributed by atoms with van der Waals surface area (Å²) in [7, 11) is 4.01. The van der Waals surface area contributed by atoms with E-state index in [2.05, 4.69) is 10.2 Å². The molecule has 16 heavy (non-hydrogen) atoms. The van der Waals surface area contributed by atoms with Crippen molar-refractivity contribution in [2.75, 3.05) is 27.2 Å². The van der Waals surface area contributed by atoms with Gasteiger partial charge in [-0.3, -0.25) is 0 Å². The Hall–Kier alpha value is -0.290. The van der Waals surface area contributed by atoms with E-state index in [1.165, 1.54) is 0 Å². The van der Waals surface area contributed by atoms with E-state index >= 15 is 0 Å². The fraction of sp³-hybridized carbons (Fsp3) is 1.00. The van der Waals surface area contributed by atoms with Crippen LogP contribution in [0.2, 0.25) is 0 Å². The van der Waals surface area contributed by atoms with Crippen molar-refractivity contribution in [3.05, 3.63) is 0 Å². The topological polar surface area (TPSA) is 15.3 Å². The summed E-state index contributed by atoms with van der Waals surface area (Å²) in [5, 5.41) is 3.23. The molecule has 0 heterocycles. The van der Waals surface area contributed by atoms with Crippen LogP contribution >= 0.6 is 0 Å². The molecule has 0 aromatic rings. The Labute approximate surface area is 96.2 Å². The van der Waals surface area contributed by atoms with Crippen molar-refractivity contribution >= 4 is 0 Å². The number of hydrogen-bond acceptors (Lipinski definition) is 2. The molecule has 0 aromatic carbocycles. The first-order valence-electron chi connectivity index (χ1n) is 5.76. The third-order valence-corrected chi connectivity index (χ3v) is 2.37. The molecule has 0 saturated carbocycles. The van der Waals surface area contributed by atoms with Crippen molar-refractivity contribution in [2.45, 2.75) is 44.8 Å². The van der Waals surface area contributed by atoms with Crippen LogP contribution in [0.15, 0.2) is 0 Å². The SMILES string of the molecule is CC(CCCC(F)(F)F)NCCCN(C)C. The fourth-order valence-electron chi connectivity index (χ4n) is 1.45. The standard InChI is InChI=1S/C11H23F3N2/c1-10(6-4-7-11(12,13)14)15-8-5-9-16(2)3/h10,15H,4-9H2,1-3H3. The Morgan fingerprint density at radius 1 is 1.19 bits per heavy atom. The summed E-state index contributed by atoms with van der Waals surface area (Å²) in [6.07, 6.45) is -2.86. The molecule has 0 rings (SSSR count). The lowest BCUT2D eigenvalue weighted by atomic mass is 10.1. The maximum atomic E-state index is 11.9. The number of alkyl halides is 3. The van der Waals surface area contributed by atoms with Crippen molar-refractivity contribution in [1.29, 1.82) is 0 Å². The molecule has 2 nitrogen and oxygen atoms in total. The Kier molecular flexibility index (Phi) is 7.76. The van der Waals surface area contributed by atoms with E-state index in [9.17, 15) is 13.2 Å². The predicted octanol–water partition coefficient (Wildman–Crippen LogP) is 2.65. The van der Waals surface area contributed by atoms with Crippen LogP contribution in [0, 0.1) is 0 Å². The van der Waals surface area contributed by atoms with Gasteiger partial charge < -0.3 is 10.2 Å². The molecule has 0 spiro atoms. The molecule has 1 N–H and O–H groups in total. The van der Waals surface area contributed by atoms with Crippen LogP contribution in [0.5, 0.6) is 0 Å². The molecule has 0 aliphatic heterocycles. The number of nitrogens with one attached hydrogen (secondary N) is 1. The van der Waals surface area contributed by atoms with Crippen LogP contribution in [0.4, 0.5) is 13.2 Å². The van der Waals surface area contributed by atoms with Crippen LogP contribution in [-0.4, -0.2) is 44.3 Å². The molecule has 0 bridgehead atoms. The summed E-state index contributed by atoms with van der Waals surface area (Å²) in [4.78, 5) is 2.09. The summed E-state index contributed by atoms with van der Waals surface area (Å²) < 4.78 is 35.6. The van der Waals surface area contributed by atoms with Crippen LogP contribution in [0.1, 0.15) is 32.6 Å². The first-order chi connectivity index (χ1) is 7.31. The molecular formula is C11H23F3N2. The van der Waals surface area contributed by atoms with E-state index < -0.39 is 12.6 Å². The van der Waals surface area contributed by atoms with E-state index in [0.29, 0.717) is 6.42 Å². The summed E-state index contributed by atoms with van der Waals surface area (Å²) in [6.45, 7) is 3.81. The molecule has 0 fully saturated rings. The van der Waals surface area contributed by atoms with Crippen molar-refractivity contribution in [3.63, 3.8) is 0 Å². The van der Waals surface area contributed by atoms with E-state index in [4.69, 9.17) is 0 Å². The Morgan fingerprint density at radius 2 is 1.81 bits per heavy atom. The molecule has 0 aromatic heterocycles. The van der Waals surface area contributed by atoms with Crippen LogP contribution in [-0.2, 0) is 0 Å². The highest BCUT2D eigenvalue weighted by Gasteiger charge is 2.26. The van der Waals surface area contributed by atoms with Gasteiger partial charge >= 0.3 is 6.18 Å². The van der Waals surface area contributed by atoms with Crippen LogP contribution in [0.3, 0.4) is 0 Å². The highest BCUT2D eigenvalue weighted by atomic mass is 19.4. The number of hydrogen-bond donors (Lipinski definition) is 1. The second-order valence-electron chi connectivity index (χ2n) is 4.52. The van der Waals surface area contributed by atoms with Gasteiger partial charge in [-0.15, -0.1) is 0 Å². The van der Waals surface area contributed by atoms with E-state index in [0.717, 1.165) is 19.5 Å². The van der Waals surface area contributed by atoms with Crippen molar-refractivity contribution in [1.82, 2.24) is 10.2 Å². The molecular weight excluding hydrogens is 217 g/mol. The van der Waals surface area contributed by atoms with E-state index in [1.54, 1.807) is 0 Å². The van der Waals surface area contributed by atoms with Crippen LogP contribution < -0.4 is 5.32 Å². The first kappa shape index (κ1) is 15.7. The third-order valence-electron chi connectivity index (χ3n) is 2.37. The maximum Gasteiger partial charge on any atom is 0.389 e. The largest absolute Gasteiger partial charge is 0.389 e. The first-order valence-corrected chi connectivity index (χ1v) is 5.76. The van der Waals surface area contributed by atoms with Crippen molar-refractivity contribution < 1.29 is 13.2 Å². The fourth-order valence-corrected chi connectivity index (χ4v) is 1.45. The molecule has 1 unspecified atom stereocenters. The minimum atomic E-state index is -4.01. The van der Waals surface area contributed by atoms with Gasteiger partial charge in [-0.25, -0.2) is 0 Å². The Bertz CT molecular complexity index is 169.